The van der Waals surface area contributed by atoms with Crippen molar-refractivity contribution >= 4 is 22.7 Å². The van der Waals surface area contributed by atoms with Gasteiger partial charge in [0.25, 0.3) is 0 Å². The Morgan fingerprint density at radius 2 is 1.63 bits per heavy atom. The molecule has 0 spiro atoms. The molecule has 3 rings (SSSR count). The van der Waals surface area contributed by atoms with E-state index in [0.717, 1.165) is 22.1 Å². The van der Waals surface area contributed by atoms with Gasteiger partial charge in [0.1, 0.15) is 17.1 Å². The van der Waals surface area contributed by atoms with Crippen LogP contribution >= 0.6 is 0 Å². The lowest BCUT2D eigenvalue weighted by atomic mass is 9.98. The van der Waals surface area contributed by atoms with Gasteiger partial charge in [0, 0.05) is 0 Å². The number of hydrogen-bond donors (Lipinski definition) is 1. The Hall–Kier alpha value is -3.54. The van der Waals surface area contributed by atoms with Gasteiger partial charge in [-0.1, -0.05) is 36.4 Å². The normalized spacial score (nSPS) is 11.6. The van der Waals surface area contributed by atoms with Gasteiger partial charge in [-0.3, -0.25) is 0 Å². The van der Waals surface area contributed by atoms with Crippen molar-refractivity contribution in [2.24, 2.45) is 0 Å². The predicted octanol–water partition coefficient (Wildman–Crippen LogP) is 3.97. The van der Waals surface area contributed by atoms with Crippen molar-refractivity contribution in [1.29, 1.82) is 0 Å². The molecule has 1 atom stereocenters. The average Bonchev–Trinajstić information content (AvgIpc) is 2.70. The number of carbonyl (C=O) groups is 2. The first-order valence-corrected chi connectivity index (χ1v) is 8.28. The molecule has 1 N–H and O–H groups in total. The first kappa shape index (κ1) is 18.3. The van der Waals surface area contributed by atoms with Gasteiger partial charge in [0.05, 0.1) is 13.0 Å². The average molecular weight is 366 g/mol. The molecule has 0 bridgehead atoms. The van der Waals surface area contributed by atoms with Crippen molar-refractivity contribution in [3.05, 3.63) is 71.8 Å². The maximum Gasteiger partial charge on any atom is 0.390 e. The molecule has 0 radical (unpaired) electrons. The highest BCUT2D eigenvalue weighted by atomic mass is 17.2. The lowest BCUT2D eigenvalue weighted by molar-refractivity contribution is -0.235. The quantitative estimate of drug-likeness (QED) is 0.556. The molecule has 3 aromatic carbocycles. The van der Waals surface area contributed by atoms with E-state index < -0.39 is 17.9 Å². The van der Waals surface area contributed by atoms with E-state index in [1.54, 1.807) is 32.2 Å². The van der Waals surface area contributed by atoms with Gasteiger partial charge in [0.2, 0.25) is 0 Å². The Kier molecular flexibility index (Phi) is 5.26. The number of ether oxygens (including phenoxy) is 1. The fourth-order valence-electron chi connectivity index (χ4n) is 2.62. The molecule has 0 saturated heterocycles. The van der Waals surface area contributed by atoms with Gasteiger partial charge in [-0.15, -0.1) is 0 Å². The molecule has 27 heavy (non-hydrogen) atoms. The second kappa shape index (κ2) is 7.78. The summed E-state index contributed by atoms with van der Waals surface area (Å²) in [6.45, 7) is 1.65. The van der Waals surface area contributed by atoms with E-state index in [2.05, 4.69) is 9.78 Å². The lowest BCUT2D eigenvalue weighted by Crippen LogP contribution is -2.16. The van der Waals surface area contributed by atoms with Crippen LogP contribution in [0, 0.1) is 0 Å². The molecule has 0 aromatic heterocycles. The minimum atomic E-state index is -0.945. The van der Waals surface area contributed by atoms with Crippen LogP contribution < -0.4 is 4.74 Å². The summed E-state index contributed by atoms with van der Waals surface area (Å²) >= 11 is 0. The monoisotopic (exact) mass is 366 g/mol. The van der Waals surface area contributed by atoms with Crippen molar-refractivity contribution < 1.29 is 29.2 Å². The van der Waals surface area contributed by atoms with Gasteiger partial charge in [0.15, 0.2) is 0 Å². The number of phenolic OH excluding ortho intramolecular Hbond substituents is 1. The summed E-state index contributed by atoms with van der Waals surface area (Å²) in [5.74, 6) is -1.81. The zero-order valence-electron chi connectivity index (χ0n) is 14.8. The van der Waals surface area contributed by atoms with Crippen LogP contribution in [0.4, 0.5) is 0 Å². The van der Waals surface area contributed by atoms with Gasteiger partial charge in [-0.05, 0) is 47.5 Å². The van der Waals surface area contributed by atoms with Crippen LogP contribution in [-0.2, 0) is 14.6 Å². The number of benzene rings is 3. The predicted molar refractivity (Wildman–Crippen MR) is 98.5 cm³/mol. The summed E-state index contributed by atoms with van der Waals surface area (Å²) in [7, 11) is 1.60. The highest BCUT2D eigenvalue weighted by Crippen LogP contribution is 2.26. The van der Waals surface area contributed by atoms with Crippen LogP contribution in [0.2, 0.25) is 0 Å². The van der Waals surface area contributed by atoms with Crippen LogP contribution in [0.3, 0.4) is 0 Å². The second-order valence-corrected chi connectivity index (χ2v) is 5.98. The third kappa shape index (κ3) is 4.00. The number of fused-ring (bicyclic) bond motifs is 1. The number of rotatable bonds is 4. The van der Waals surface area contributed by atoms with E-state index in [4.69, 9.17) is 4.74 Å². The molecule has 0 unspecified atom stereocenters. The molecule has 0 aliphatic carbocycles. The standard InChI is InChI=1S/C21H18O6/c1-13(14-7-8-16-12-17(25-2)10-9-15(16)11-14)20(23)26-27-21(24)18-5-3-4-6-19(18)22/h3-13,22H,1-2H3/t13-/m0/s1. The molecule has 6 nitrogen and oxygen atoms in total. The summed E-state index contributed by atoms with van der Waals surface area (Å²) < 4.78 is 5.20. The molecule has 0 heterocycles. The molecular formula is C21H18O6. The van der Waals surface area contributed by atoms with Crippen LogP contribution in [-0.4, -0.2) is 24.2 Å². The van der Waals surface area contributed by atoms with Crippen molar-refractivity contribution in [2.75, 3.05) is 7.11 Å². The largest absolute Gasteiger partial charge is 0.507 e. The zero-order valence-corrected chi connectivity index (χ0v) is 14.8. The Morgan fingerprint density at radius 1 is 0.926 bits per heavy atom. The van der Waals surface area contributed by atoms with Crippen molar-refractivity contribution in [1.82, 2.24) is 0 Å². The Balaban J connectivity index is 1.69. The molecular weight excluding hydrogens is 348 g/mol. The van der Waals surface area contributed by atoms with E-state index in [1.807, 2.05) is 30.3 Å². The van der Waals surface area contributed by atoms with Gasteiger partial charge in [-0.2, -0.15) is 0 Å². The molecule has 0 fully saturated rings. The smallest absolute Gasteiger partial charge is 0.390 e. The van der Waals surface area contributed by atoms with E-state index in [9.17, 15) is 14.7 Å². The molecule has 0 saturated carbocycles. The van der Waals surface area contributed by atoms with Gasteiger partial charge < -0.3 is 9.84 Å². The number of carbonyl (C=O) groups excluding carboxylic acids is 2. The second-order valence-electron chi connectivity index (χ2n) is 5.98. The maximum absolute atomic E-state index is 12.2. The third-order valence-electron chi connectivity index (χ3n) is 4.25. The minimum absolute atomic E-state index is 0.0856. The summed E-state index contributed by atoms with van der Waals surface area (Å²) in [5.41, 5.74) is 0.633. The van der Waals surface area contributed by atoms with E-state index in [0.29, 0.717) is 0 Å². The topological polar surface area (TPSA) is 82.1 Å². The zero-order chi connectivity index (χ0) is 19.4. The van der Waals surface area contributed by atoms with Crippen LogP contribution in [0.1, 0.15) is 28.8 Å². The Morgan fingerprint density at radius 3 is 2.37 bits per heavy atom. The third-order valence-corrected chi connectivity index (χ3v) is 4.25. The maximum atomic E-state index is 12.2. The number of para-hydroxylation sites is 1. The Labute approximate surface area is 155 Å². The molecule has 0 aliphatic rings. The first-order chi connectivity index (χ1) is 13.0. The Bertz CT molecular complexity index is 995. The van der Waals surface area contributed by atoms with E-state index >= 15 is 0 Å². The van der Waals surface area contributed by atoms with Crippen LogP contribution in [0.25, 0.3) is 10.8 Å². The van der Waals surface area contributed by atoms with Crippen molar-refractivity contribution in [3.63, 3.8) is 0 Å². The van der Waals surface area contributed by atoms with E-state index in [-0.39, 0.29) is 11.3 Å². The summed E-state index contributed by atoms with van der Waals surface area (Å²) in [6.07, 6.45) is 0. The summed E-state index contributed by atoms with van der Waals surface area (Å²) in [6, 6.07) is 17.0. The summed E-state index contributed by atoms with van der Waals surface area (Å²) in [5, 5.41) is 11.5. The first-order valence-electron chi connectivity index (χ1n) is 8.28. The highest BCUT2D eigenvalue weighted by molar-refractivity contribution is 5.92. The lowest BCUT2D eigenvalue weighted by Gasteiger charge is -2.12. The van der Waals surface area contributed by atoms with Crippen molar-refractivity contribution in [3.8, 4) is 11.5 Å². The fourth-order valence-corrected chi connectivity index (χ4v) is 2.62. The van der Waals surface area contributed by atoms with E-state index in [1.165, 1.54) is 12.1 Å². The minimum Gasteiger partial charge on any atom is -0.507 e. The highest BCUT2D eigenvalue weighted by Gasteiger charge is 2.21. The van der Waals surface area contributed by atoms with Gasteiger partial charge in [-0.25, -0.2) is 19.4 Å². The number of hydrogen-bond acceptors (Lipinski definition) is 6. The number of aromatic hydroxyl groups is 1. The number of phenols is 1. The molecule has 0 amide bonds. The molecule has 138 valence electrons. The SMILES string of the molecule is COc1ccc2cc([C@H](C)C(=O)OOC(=O)c3ccccc3O)ccc2c1. The molecule has 0 aliphatic heterocycles. The molecule has 6 heteroatoms. The summed E-state index contributed by atoms with van der Waals surface area (Å²) in [4.78, 5) is 33.3. The van der Waals surface area contributed by atoms with Crippen LogP contribution in [0.5, 0.6) is 11.5 Å². The molecule has 3 aromatic rings. The number of methoxy groups -OCH3 is 1. The van der Waals surface area contributed by atoms with Gasteiger partial charge >= 0.3 is 11.9 Å². The fraction of sp³-hybridized carbons (Fsp3) is 0.143. The van der Waals surface area contributed by atoms with Crippen molar-refractivity contribution in [2.45, 2.75) is 12.8 Å². The van der Waals surface area contributed by atoms with Crippen LogP contribution in [0.15, 0.2) is 60.7 Å².